The fourth-order valence-electron chi connectivity index (χ4n) is 2.24. The average molecular weight is 249 g/mol. The van der Waals surface area contributed by atoms with Gasteiger partial charge in [-0.15, -0.1) is 0 Å². The first-order chi connectivity index (χ1) is 8.54. The van der Waals surface area contributed by atoms with Crippen LogP contribution in [0.4, 0.5) is 5.69 Å². The molecule has 4 heteroatoms. The van der Waals surface area contributed by atoms with E-state index in [2.05, 4.69) is 37.0 Å². The van der Waals surface area contributed by atoms with Gasteiger partial charge in [0, 0.05) is 24.3 Å². The van der Waals surface area contributed by atoms with Crippen molar-refractivity contribution >= 4 is 11.5 Å². The van der Waals surface area contributed by atoms with Crippen LogP contribution in [0, 0.1) is 6.92 Å². The second kappa shape index (κ2) is 6.28. The predicted octanol–water partition coefficient (Wildman–Crippen LogP) is 2.71. The molecule has 0 aromatic heterocycles. The highest BCUT2D eigenvalue weighted by molar-refractivity contribution is 6.02. The van der Waals surface area contributed by atoms with Crippen molar-refractivity contribution in [3.63, 3.8) is 0 Å². The Morgan fingerprint density at radius 3 is 2.50 bits per heavy atom. The molecule has 0 heterocycles. The van der Waals surface area contributed by atoms with Gasteiger partial charge in [0.15, 0.2) is 5.84 Å². The van der Waals surface area contributed by atoms with Crippen molar-refractivity contribution in [1.29, 1.82) is 0 Å². The predicted molar refractivity (Wildman–Crippen MR) is 76.5 cm³/mol. The van der Waals surface area contributed by atoms with Crippen LogP contribution in [0.3, 0.4) is 0 Å². The van der Waals surface area contributed by atoms with Gasteiger partial charge in [-0.05, 0) is 37.5 Å². The molecule has 3 N–H and O–H groups in total. The molecule has 1 rings (SSSR count). The van der Waals surface area contributed by atoms with Crippen molar-refractivity contribution in [2.24, 2.45) is 10.9 Å². The molecular formula is C14H23N3O. The first-order valence-corrected chi connectivity index (χ1v) is 6.36. The lowest BCUT2D eigenvalue weighted by Crippen LogP contribution is -2.32. The molecule has 0 fully saturated rings. The summed E-state index contributed by atoms with van der Waals surface area (Å²) in [5, 5.41) is 12.0. The van der Waals surface area contributed by atoms with Gasteiger partial charge >= 0.3 is 0 Å². The van der Waals surface area contributed by atoms with E-state index < -0.39 is 0 Å². The molecule has 0 aliphatic rings. The van der Waals surface area contributed by atoms with Gasteiger partial charge in [0.2, 0.25) is 0 Å². The first kappa shape index (κ1) is 14.4. The fourth-order valence-corrected chi connectivity index (χ4v) is 2.24. The number of nitrogens with two attached hydrogens (primary N) is 1. The number of amidine groups is 1. The summed E-state index contributed by atoms with van der Waals surface area (Å²) in [4.78, 5) is 2.21. The molecule has 0 saturated carbocycles. The van der Waals surface area contributed by atoms with Crippen molar-refractivity contribution in [1.82, 2.24) is 0 Å². The third-order valence-corrected chi connectivity index (χ3v) is 3.41. The van der Waals surface area contributed by atoms with E-state index in [-0.39, 0.29) is 5.84 Å². The highest BCUT2D eigenvalue weighted by Crippen LogP contribution is 2.24. The van der Waals surface area contributed by atoms with Crippen LogP contribution in [-0.4, -0.2) is 24.1 Å². The number of rotatable bonds is 5. The Hall–Kier alpha value is -1.71. The summed E-state index contributed by atoms with van der Waals surface area (Å²) in [5.74, 6) is 0.155. The molecule has 0 aliphatic carbocycles. The molecule has 0 unspecified atom stereocenters. The van der Waals surface area contributed by atoms with Crippen LogP contribution in [-0.2, 0) is 0 Å². The minimum absolute atomic E-state index is 0.155. The van der Waals surface area contributed by atoms with Crippen LogP contribution in [0.5, 0.6) is 0 Å². The second-order valence-electron chi connectivity index (χ2n) is 4.59. The number of hydrogen-bond donors (Lipinski definition) is 2. The maximum atomic E-state index is 8.86. The summed E-state index contributed by atoms with van der Waals surface area (Å²) in [6.45, 7) is 6.38. The Morgan fingerprint density at radius 2 is 2.00 bits per heavy atom. The molecule has 18 heavy (non-hydrogen) atoms. The van der Waals surface area contributed by atoms with Crippen molar-refractivity contribution in [2.45, 2.75) is 39.7 Å². The molecule has 1 aromatic carbocycles. The van der Waals surface area contributed by atoms with E-state index in [1.165, 1.54) is 0 Å². The Balaban J connectivity index is 3.24. The zero-order valence-electron chi connectivity index (χ0n) is 11.6. The zero-order chi connectivity index (χ0) is 13.7. The largest absolute Gasteiger partial charge is 0.409 e. The van der Waals surface area contributed by atoms with E-state index in [0.29, 0.717) is 6.04 Å². The summed E-state index contributed by atoms with van der Waals surface area (Å²) in [6.07, 6.45) is 2.13. The number of benzene rings is 1. The molecule has 100 valence electrons. The van der Waals surface area contributed by atoms with E-state index in [0.717, 1.165) is 29.7 Å². The summed E-state index contributed by atoms with van der Waals surface area (Å²) in [7, 11) is 2.06. The average Bonchev–Trinajstić information content (AvgIpc) is 2.39. The Kier molecular flexibility index (Phi) is 5.01. The van der Waals surface area contributed by atoms with Gasteiger partial charge in [-0.2, -0.15) is 0 Å². The number of nitrogens with zero attached hydrogens (tertiary/aromatic N) is 2. The Bertz CT molecular complexity index is 425. The molecule has 0 saturated heterocycles. The third kappa shape index (κ3) is 2.94. The minimum Gasteiger partial charge on any atom is -0.409 e. The molecule has 0 bridgehead atoms. The van der Waals surface area contributed by atoms with Crippen LogP contribution in [0.15, 0.2) is 23.4 Å². The van der Waals surface area contributed by atoms with Crippen molar-refractivity contribution in [3.8, 4) is 0 Å². The summed E-state index contributed by atoms with van der Waals surface area (Å²) in [5.41, 5.74) is 8.69. The topological polar surface area (TPSA) is 61.8 Å². The van der Waals surface area contributed by atoms with Crippen LogP contribution in [0.25, 0.3) is 0 Å². The lowest BCUT2D eigenvalue weighted by atomic mass is 10.0. The van der Waals surface area contributed by atoms with Gasteiger partial charge in [0.1, 0.15) is 0 Å². The molecule has 0 radical (unpaired) electrons. The standard InChI is InChI=1S/C14H23N3O/c1-5-11(6-2)17(4)13-9-10(3)7-8-12(13)14(15)16-18/h7-9,11,18H,5-6H2,1-4H3,(H2,15,16). The quantitative estimate of drug-likeness (QED) is 0.365. The monoisotopic (exact) mass is 249 g/mol. The first-order valence-electron chi connectivity index (χ1n) is 6.36. The van der Waals surface area contributed by atoms with E-state index in [1.807, 2.05) is 19.1 Å². The van der Waals surface area contributed by atoms with E-state index in [4.69, 9.17) is 10.9 Å². The highest BCUT2D eigenvalue weighted by Gasteiger charge is 2.16. The molecule has 0 atom stereocenters. The third-order valence-electron chi connectivity index (χ3n) is 3.41. The maximum Gasteiger partial charge on any atom is 0.172 e. The molecule has 4 nitrogen and oxygen atoms in total. The summed E-state index contributed by atoms with van der Waals surface area (Å²) >= 11 is 0. The van der Waals surface area contributed by atoms with E-state index in [1.54, 1.807) is 0 Å². The lowest BCUT2D eigenvalue weighted by Gasteiger charge is -2.30. The second-order valence-corrected chi connectivity index (χ2v) is 4.59. The molecule has 0 spiro atoms. The van der Waals surface area contributed by atoms with Gasteiger partial charge in [0.05, 0.1) is 0 Å². The summed E-state index contributed by atoms with van der Waals surface area (Å²) in [6, 6.07) is 6.40. The Labute approximate surface area is 109 Å². The smallest absolute Gasteiger partial charge is 0.172 e. The fraction of sp³-hybridized carbons (Fsp3) is 0.500. The SMILES string of the molecule is CCC(CC)N(C)c1cc(C)ccc1/C(N)=N/O. The van der Waals surface area contributed by atoms with E-state index in [9.17, 15) is 0 Å². The molecular weight excluding hydrogens is 226 g/mol. The van der Waals surface area contributed by atoms with Gasteiger partial charge in [0.25, 0.3) is 0 Å². The van der Waals surface area contributed by atoms with Crippen LogP contribution in [0.2, 0.25) is 0 Å². The highest BCUT2D eigenvalue weighted by atomic mass is 16.4. The number of hydrogen-bond acceptors (Lipinski definition) is 3. The molecule has 1 aromatic rings. The minimum atomic E-state index is 0.155. The van der Waals surface area contributed by atoms with Gasteiger partial charge in [-0.25, -0.2) is 0 Å². The normalized spacial score (nSPS) is 11.9. The number of anilines is 1. The van der Waals surface area contributed by atoms with Gasteiger partial charge in [-0.3, -0.25) is 0 Å². The maximum absolute atomic E-state index is 8.86. The zero-order valence-corrected chi connectivity index (χ0v) is 11.6. The summed E-state index contributed by atoms with van der Waals surface area (Å²) < 4.78 is 0. The van der Waals surface area contributed by atoms with Gasteiger partial charge in [-0.1, -0.05) is 25.1 Å². The van der Waals surface area contributed by atoms with Crippen LogP contribution < -0.4 is 10.6 Å². The lowest BCUT2D eigenvalue weighted by molar-refractivity contribution is 0.318. The van der Waals surface area contributed by atoms with Crippen molar-refractivity contribution < 1.29 is 5.21 Å². The van der Waals surface area contributed by atoms with Crippen molar-refractivity contribution in [3.05, 3.63) is 29.3 Å². The van der Waals surface area contributed by atoms with E-state index >= 15 is 0 Å². The molecule has 0 amide bonds. The number of aryl methyl sites for hydroxylation is 1. The van der Waals surface area contributed by atoms with Crippen LogP contribution in [0.1, 0.15) is 37.8 Å². The van der Waals surface area contributed by atoms with Crippen LogP contribution >= 0.6 is 0 Å². The number of oxime groups is 1. The van der Waals surface area contributed by atoms with Gasteiger partial charge < -0.3 is 15.8 Å². The molecule has 0 aliphatic heterocycles. The Morgan fingerprint density at radius 1 is 1.39 bits per heavy atom. The van der Waals surface area contributed by atoms with Crippen molar-refractivity contribution in [2.75, 3.05) is 11.9 Å².